The third-order valence-corrected chi connectivity index (χ3v) is 6.34. The van der Waals surface area contributed by atoms with Crippen molar-refractivity contribution in [3.63, 3.8) is 0 Å². The van der Waals surface area contributed by atoms with Crippen LogP contribution >= 0.6 is 0 Å². The van der Waals surface area contributed by atoms with Gasteiger partial charge in [-0.25, -0.2) is 8.42 Å². The highest BCUT2D eigenvalue weighted by molar-refractivity contribution is 7.89. The predicted molar refractivity (Wildman–Crippen MR) is 85.4 cm³/mol. The van der Waals surface area contributed by atoms with Crippen LogP contribution in [-0.4, -0.2) is 55.9 Å². The molecule has 1 unspecified atom stereocenters. The highest BCUT2D eigenvalue weighted by atomic mass is 32.2. The van der Waals surface area contributed by atoms with Crippen molar-refractivity contribution in [2.45, 2.75) is 37.8 Å². The summed E-state index contributed by atoms with van der Waals surface area (Å²) in [4.78, 5) is 13.6. The number of fused-ring (bicyclic) bond motifs is 1. The van der Waals surface area contributed by atoms with Crippen molar-refractivity contribution >= 4 is 15.9 Å². The van der Waals surface area contributed by atoms with E-state index in [-0.39, 0.29) is 12.0 Å². The molecule has 1 saturated heterocycles. The van der Waals surface area contributed by atoms with E-state index in [0.29, 0.717) is 37.7 Å². The molecule has 1 aromatic rings. The third kappa shape index (κ3) is 3.27. The quantitative estimate of drug-likeness (QED) is 0.807. The molecule has 126 valence electrons. The first-order chi connectivity index (χ1) is 10.9. The van der Waals surface area contributed by atoms with Gasteiger partial charge in [0, 0.05) is 33.1 Å². The summed E-state index contributed by atoms with van der Waals surface area (Å²) in [5.41, 5.74) is 2.05. The Hall–Kier alpha value is -1.44. The van der Waals surface area contributed by atoms with Gasteiger partial charge in [-0.2, -0.15) is 4.31 Å². The van der Waals surface area contributed by atoms with E-state index in [9.17, 15) is 13.2 Å². The lowest BCUT2D eigenvalue weighted by Crippen LogP contribution is -2.44. The maximum atomic E-state index is 12.8. The fourth-order valence-electron chi connectivity index (χ4n) is 3.12. The number of ether oxygens (including phenoxy) is 1. The molecular weight excluding hydrogens is 316 g/mol. The number of amides is 1. The van der Waals surface area contributed by atoms with Crippen molar-refractivity contribution in [3.8, 4) is 0 Å². The molecule has 2 aliphatic heterocycles. The Bertz CT molecular complexity index is 717. The zero-order chi connectivity index (χ0) is 16.6. The molecule has 0 bridgehead atoms. The topological polar surface area (TPSA) is 66.9 Å². The van der Waals surface area contributed by atoms with Crippen LogP contribution in [0.1, 0.15) is 25.0 Å². The second kappa shape index (κ2) is 6.22. The summed E-state index contributed by atoms with van der Waals surface area (Å²) in [7, 11) is -3.52. The molecule has 0 spiro atoms. The Morgan fingerprint density at radius 3 is 2.74 bits per heavy atom. The van der Waals surface area contributed by atoms with Crippen LogP contribution in [-0.2, 0) is 32.5 Å². The number of rotatable bonds is 2. The number of carbonyl (C=O) groups excluding carboxylic acids is 1. The minimum atomic E-state index is -3.52. The summed E-state index contributed by atoms with van der Waals surface area (Å²) >= 11 is 0. The largest absolute Gasteiger partial charge is 0.376 e. The average Bonchev–Trinajstić information content (AvgIpc) is 2.53. The van der Waals surface area contributed by atoms with Gasteiger partial charge in [-0.05, 0) is 36.6 Å². The molecule has 1 aromatic carbocycles. The van der Waals surface area contributed by atoms with E-state index in [4.69, 9.17) is 4.74 Å². The van der Waals surface area contributed by atoms with E-state index >= 15 is 0 Å². The summed E-state index contributed by atoms with van der Waals surface area (Å²) in [6.07, 6.45) is 0.674. The molecule has 2 aliphatic rings. The molecule has 6 nitrogen and oxygen atoms in total. The van der Waals surface area contributed by atoms with Crippen LogP contribution in [0.3, 0.4) is 0 Å². The zero-order valence-corrected chi connectivity index (χ0v) is 14.3. The fraction of sp³-hybridized carbons (Fsp3) is 0.562. The lowest BCUT2D eigenvalue weighted by molar-refractivity contribution is -0.129. The summed E-state index contributed by atoms with van der Waals surface area (Å²) in [5.74, 6) is 0.0194. The molecule has 0 saturated carbocycles. The fourth-order valence-corrected chi connectivity index (χ4v) is 4.67. The molecule has 2 heterocycles. The number of benzene rings is 1. The van der Waals surface area contributed by atoms with Crippen LogP contribution in [0.4, 0.5) is 0 Å². The smallest absolute Gasteiger partial charge is 0.243 e. The van der Waals surface area contributed by atoms with Crippen molar-refractivity contribution in [2.75, 3.05) is 26.2 Å². The normalized spacial score (nSPS) is 22.7. The van der Waals surface area contributed by atoms with Crippen molar-refractivity contribution in [1.29, 1.82) is 0 Å². The van der Waals surface area contributed by atoms with Gasteiger partial charge in [0.1, 0.15) is 0 Å². The van der Waals surface area contributed by atoms with Crippen LogP contribution in [0, 0.1) is 0 Å². The Balaban J connectivity index is 1.89. The molecule has 1 amide bonds. The molecular formula is C16H22N2O4S. The molecule has 1 atom stereocenters. The van der Waals surface area contributed by atoms with E-state index in [1.807, 2.05) is 13.0 Å². The molecule has 0 N–H and O–H groups in total. The molecule has 1 fully saturated rings. The SMILES string of the molecule is CC(=O)N1CCc2ccc(S(=O)(=O)N3CCOC(C)C3)cc2C1. The zero-order valence-electron chi connectivity index (χ0n) is 13.5. The van der Waals surface area contributed by atoms with E-state index < -0.39 is 10.0 Å². The van der Waals surface area contributed by atoms with E-state index in [1.54, 1.807) is 24.0 Å². The van der Waals surface area contributed by atoms with Crippen molar-refractivity contribution in [1.82, 2.24) is 9.21 Å². The minimum Gasteiger partial charge on any atom is -0.376 e. The molecule has 23 heavy (non-hydrogen) atoms. The number of nitrogens with zero attached hydrogens (tertiary/aromatic N) is 2. The summed E-state index contributed by atoms with van der Waals surface area (Å²) in [6, 6.07) is 5.28. The number of hydrogen-bond acceptors (Lipinski definition) is 4. The lowest BCUT2D eigenvalue weighted by Gasteiger charge is -2.31. The highest BCUT2D eigenvalue weighted by Crippen LogP contribution is 2.25. The van der Waals surface area contributed by atoms with Crippen molar-refractivity contribution in [2.24, 2.45) is 0 Å². The Morgan fingerprint density at radius 1 is 1.26 bits per heavy atom. The molecule has 0 radical (unpaired) electrons. The Morgan fingerprint density at radius 2 is 2.04 bits per heavy atom. The predicted octanol–water partition coefficient (Wildman–Crippen LogP) is 1.00. The highest BCUT2D eigenvalue weighted by Gasteiger charge is 2.30. The van der Waals surface area contributed by atoms with E-state index in [1.165, 1.54) is 4.31 Å². The number of carbonyl (C=O) groups is 1. The second-order valence-corrected chi connectivity index (χ2v) is 8.10. The van der Waals surface area contributed by atoms with Gasteiger partial charge >= 0.3 is 0 Å². The van der Waals surface area contributed by atoms with Crippen LogP contribution < -0.4 is 0 Å². The summed E-state index contributed by atoms with van der Waals surface area (Å²) < 4.78 is 32.5. The second-order valence-electron chi connectivity index (χ2n) is 6.17. The summed E-state index contributed by atoms with van der Waals surface area (Å²) in [6.45, 7) is 5.76. The third-order valence-electron chi connectivity index (χ3n) is 4.48. The van der Waals surface area contributed by atoms with Gasteiger partial charge in [-0.1, -0.05) is 6.07 Å². The average molecular weight is 338 g/mol. The summed E-state index contributed by atoms with van der Waals surface area (Å²) in [5, 5.41) is 0. The molecule has 0 aromatic heterocycles. The van der Waals surface area contributed by atoms with Gasteiger partial charge in [0.15, 0.2) is 0 Å². The van der Waals surface area contributed by atoms with Crippen molar-refractivity contribution in [3.05, 3.63) is 29.3 Å². The molecule has 7 heteroatoms. The Labute approximate surface area is 137 Å². The van der Waals surface area contributed by atoms with Crippen LogP contribution in [0.15, 0.2) is 23.1 Å². The first-order valence-electron chi connectivity index (χ1n) is 7.87. The van der Waals surface area contributed by atoms with Crippen LogP contribution in [0.2, 0.25) is 0 Å². The van der Waals surface area contributed by atoms with Gasteiger partial charge in [0.25, 0.3) is 0 Å². The number of sulfonamides is 1. The minimum absolute atomic E-state index is 0.0194. The first-order valence-corrected chi connectivity index (χ1v) is 9.31. The van der Waals surface area contributed by atoms with Gasteiger partial charge in [-0.3, -0.25) is 4.79 Å². The van der Waals surface area contributed by atoms with Crippen LogP contribution in [0.5, 0.6) is 0 Å². The van der Waals surface area contributed by atoms with Gasteiger partial charge in [-0.15, -0.1) is 0 Å². The van der Waals surface area contributed by atoms with E-state index in [2.05, 4.69) is 0 Å². The maximum absolute atomic E-state index is 12.8. The van der Waals surface area contributed by atoms with Gasteiger partial charge in [0.05, 0.1) is 17.6 Å². The lowest BCUT2D eigenvalue weighted by atomic mass is 10.00. The Kier molecular flexibility index (Phi) is 4.44. The number of hydrogen-bond donors (Lipinski definition) is 0. The molecule has 0 aliphatic carbocycles. The van der Waals surface area contributed by atoms with Crippen molar-refractivity contribution < 1.29 is 17.9 Å². The maximum Gasteiger partial charge on any atom is 0.243 e. The van der Waals surface area contributed by atoms with Gasteiger partial charge < -0.3 is 9.64 Å². The first kappa shape index (κ1) is 16.4. The van der Waals surface area contributed by atoms with Crippen LogP contribution in [0.25, 0.3) is 0 Å². The monoisotopic (exact) mass is 338 g/mol. The van der Waals surface area contributed by atoms with E-state index in [0.717, 1.165) is 17.5 Å². The van der Waals surface area contributed by atoms with Gasteiger partial charge in [0.2, 0.25) is 15.9 Å². The standard InChI is InChI=1S/C16H22N2O4S/c1-12-10-18(7-8-22-12)23(20,21)16-4-3-14-5-6-17(13(2)19)11-15(14)9-16/h3-4,9,12H,5-8,10-11H2,1-2H3. The number of morpholine rings is 1. The molecule has 3 rings (SSSR count).